The van der Waals surface area contributed by atoms with E-state index in [0.717, 1.165) is 31.3 Å². The fourth-order valence-corrected chi connectivity index (χ4v) is 2.67. The maximum atomic E-state index is 5.73. The fourth-order valence-electron chi connectivity index (χ4n) is 2.67. The number of aryl methyl sites for hydroxylation is 1. The lowest BCUT2D eigenvalue weighted by atomic mass is 10.0. The van der Waals surface area contributed by atoms with Crippen molar-refractivity contribution < 1.29 is 4.74 Å². The standard InChI is InChI=1S/C16H28N4O/c1-5-20(11-14-8-6-7-9-17-14)16-18-13(4)10-15(19-16)21-12(2)3/h10,12,14,17H,5-9,11H2,1-4H3. The van der Waals surface area contributed by atoms with Gasteiger partial charge in [0, 0.05) is 30.9 Å². The highest BCUT2D eigenvalue weighted by molar-refractivity contribution is 5.34. The van der Waals surface area contributed by atoms with Crippen LogP contribution in [-0.2, 0) is 0 Å². The summed E-state index contributed by atoms with van der Waals surface area (Å²) < 4.78 is 5.73. The number of hydrogen-bond acceptors (Lipinski definition) is 5. The van der Waals surface area contributed by atoms with Crippen molar-refractivity contribution in [2.75, 3.05) is 24.5 Å². The van der Waals surface area contributed by atoms with E-state index in [1.54, 1.807) is 0 Å². The average molecular weight is 292 g/mol. The van der Waals surface area contributed by atoms with E-state index >= 15 is 0 Å². The van der Waals surface area contributed by atoms with E-state index in [4.69, 9.17) is 4.74 Å². The molecule has 21 heavy (non-hydrogen) atoms. The monoisotopic (exact) mass is 292 g/mol. The number of nitrogens with zero attached hydrogens (tertiary/aromatic N) is 3. The predicted octanol–water partition coefficient (Wildman–Crippen LogP) is 2.54. The van der Waals surface area contributed by atoms with Crippen molar-refractivity contribution in [3.63, 3.8) is 0 Å². The van der Waals surface area contributed by atoms with Crippen molar-refractivity contribution in [2.24, 2.45) is 0 Å². The number of ether oxygens (including phenoxy) is 1. The third kappa shape index (κ3) is 4.84. The maximum absolute atomic E-state index is 5.73. The summed E-state index contributed by atoms with van der Waals surface area (Å²) in [6.45, 7) is 11.2. The van der Waals surface area contributed by atoms with Gasteiger partial charge < -0.3 is 15.0 Å². The molecular formula is C16H28N4O. The van der Waals surface area contributed by atoms with Gasteiger partial charge >= 0.3 is 0 Å². The van der Waals surface area contributed by atoms with Gasteiger partial charge in [-0.25, -0.2) is 4.98 Å². The van der Waals surface area contributed by atoms with Crippen LogP contribution in [0.4, 0.5) is 5.95 Å². The van der Waals surface area contributed by atoms with Crippen molar-refractivity contribution in [3.05, 3.63) is 11.8 Å². The van der Waals surface area contributed by atoms with Gasteiger partial charge in [-0.1, -0.05) is 6.42 Å². The minimum atomic E-state index is 0.127. The zero-order valence-electron chi connectivity index (χ0n) is 13.7. The van der Waals surface area contributed by atoms with Gasteiger partial charge in [0.2, 0.25) is 11.8 Å². The van der Waals surface area contributed by atoms with E-state index in [-0.39, 0.29) is 6.10 Å². The quantitative estimate of drug-likeness (QED) is 0.873. The first-order valence-corrected chi connectivity index (χ1v) is 8.09. The second kappa shape index (κ2) is 7.59. The van der Waals surface area contributed by atoms with Crippen LogP contribution in [-0.4, -0.2) is 41.7 Å². The van der Waals surface area contributed by atoms with Crippen molar-refractivity contribution in [2.45, 2.75) is 59.1 Å². The van der Waals surface area contributed by atoms with Gasteiger partial charge in [-0.3, -0.25) is 0 Å². The summed E-state index contributed by atoms with van der Waals surface area (Å²) in [5.74, 6) is 1.45. The van der Waals surface area contributed by atoms with Crippen molar-refractivity contribution in [1.82, 2.24) is 15.3 Å². The summed E-state index contributed by atoms with van der Waals surface area (Å²) in [4.78, 5) is 11.4. The Labute approximate surface area is 128 Å². The molecule has 118 valence electrons. The number of nitrogens with one attached hydrogen (secondary N) is 1. The van der Waals surface area contributed by atoms with Gasteiger partial charge in [-0.05, 0) is 47.1 Å². The van der Waals surface area contributed by atoms with Crippen LogP contribution >= 0.6 is 0 Å². The second-order valence-corrected chi connectivity index (χ2v) is 6.00. The van der Waals surface area contributed by atoms with Crippen LogP contribution in [0.25, 0.3) is 0 Å². The smallest absolute Gasteiger partial charge is 0.228 e. The topological polar surface area (TPSA) is 50.3 Å². The second-order valence-electron chi connectivity index (χ2n) is 6.00. The molecule has 1 N–H and O–H groups in total. The number of likely N-dealkylation sites (N-methyl/N-ethyl adjacent to an activating group) is 1. The minimum absolute atomic E-state index is 0.127. The molecule has 0 spiro atoms. The molecule has 0 amide bonds. The van der Waals surface area contributed by atoms with E-state index in [0.29, 0.717) is 11.9 Å². The fraction of sp³-hybridized carbons (Fsp3) is 0.750. The Balaban J connectivity index is 2.10. The highest BCUT2D eigenvalue weighted by Crippen LogP contribution is 2.18. The minimum Gasteiger partial charge on any atom is -0.475 e. The molecule has 0 aromatic carbocycles. The first-order valence-electron chi connectivity index (χ1n) is 8.09. The normalized spacial score (nSPS) is 18.8. The summed E-state index contributed by atoms with van der Waals surface area (Å²) in [5, 5.41) is 3.59. The molecule has 1 unspecified atom stereocenters. The molecule has 1 aromatic heterocycles. The van der Waals surface area contributed by atoms with E-state index in [2.05, 4.69) is 27.1 Å². The average Bonchev–Trinajstić information content (AvgIpc) is 2.44. The number of piperidine rings is 1. The molecule has 1 atom stereocenters. The largest absolute Gasteiger partial charge is 0.475 e. The molecule has 1 aliphatic rings. The zero-order chi connectivity index (χ0) is 15.2. The highest BCUT2D eigenvalue weighted by atomic mass is 16.5. The van der Waals surface area contributed by atoms with Gasteiger partial charge in [0.25, 0.3) is 0 Å². The van der Waals surface area contributed by atoms with Crippen LogP contribution in [0.3, 0.4) is 0 Å². The van der Waals surface area contributed by atoms with E-state index in [1.807, 2.05) is 26.8 Å². The number of aromatic nitrogens is 2. The molecule has 5 nitrogen and oxygen atoms in total. The maximum Gasteiger partial charge on any atom is 0.228 e. The van der Waals surface area contributed by atoms with E-state index in [9.17, 15) is 0 Å². The van der Waals surface area contributed by atoms with Gasteiger partial charge in [0.1, 0.15) is 0 Å². The lowest BCUT2D eigenvalue weighted by Gasteiger charge is -2.30. The highest BCUT2D eigenvalue weighted by Gasteiger charge is 2.18. The number of anilines is 1. The number of rotatable bonds is 6. The Kier molecular flexibility index (Phi) is 5.79. The lowest BCUT2D eigenvalue weighted by molar-refractivity contribution is 0.232. The number of hydrogen-bond donors (Lipinski definition) is 1. The molecule has 1 aromatic rings. The van der Waals surface area contributed by atoms with Gasteiger partial charge in [0.15, 0.2) is 0 Å². The molecular weight excluding hydrogens is 264 g/mol. The Morgan fingerprint density at radius 3 is 2.81 bits per heavy atom. The van der Waals surface area contributed by atoms with Crippen molar-refractivity contribution in [1.29, 1.82) is 0 Å². The molecule has 2 heterocycles. The van der Waals surface area contributed by atoms with E-state index < -0.39 is 0 Å². The van der Waals surface area contributed by atoms with Crippen molar-refractivity contribution >= 4 is 5.95 Å². The summed E-state index contributed by atoms with van der Waals surface area (Å²) in [6, 6.07) is 2.44. The Morgan fingerprint density at radius 1 is 1.38 bits per heavy atom. The van der Waals surface area contributed by atoms with Gasteiger partial charge in [-0.15, -0.1) is 0 Å². The van der Waals surface area contributed by atoms with Crippen LogP contribution in [0.1, 0.15) is 45.7 Å². The first-order chi connectivity index (χ1) is 10.1. The Bertz CT molecular complexity index is 444. The van der Waals surface area contributed by atoms with Crippen molar-refractivity contribution in [3.8, 4) is 5.88 Å². The molecule has 1 fully saturated rings. The summed E-state index contributed by atoms with van der Waals surface area (Å²) in [6.07, 6.45) is 3.96. The van der Waals surface area contributed by atoms with Gasteiger partial charge in [-0.2, -0.15) is 4.98 Å². The molecule has 0 aliphatic carbocycles. The third-order valence-corrected chi connectivity index (χ3v) is 3.69. The molecule has 1 saturated heterocycles. The Hall–Kier alpha value is -1.36. The van der Waals surface area contributed by atoms with Crippen LogP contribution in [0, 0.1) is 6.92 Å². The summed E-state index contributed by atoms with van der Waals surface area (Å²) in [5.41, 5.74) is 0.950. The molecule has 0 saturated carbocycles. The van der Waals surface area contributed by atoms with Gasteiger partial charge in [0.05, 0.1) is 6.10 Å². The van der Waals surface area contributed by atoms with Crippen LogP contribution in [0.15, 0.2) is 6.07 Å². The van der Waals surface area contributed by atoms with Crippen LogP contribution in [0.2, 0.25) is 0 Å². The summed E-state index contributed by atoms with van der Waals surface area (Å²) in [7, 11) is 0. The Morgan fingerprint density at radius 2 is 2.19 bits per heavy atom. The molecule has 0 radical (unpaired) electrons. The third-order valence-electron chi connectivity index (χ3n) is 3.69. The van der Waals surface area contributed by atoms with Crippen LogP contribution in [0.5, 0.6) is 5.88 Å². The van der Waals surface area contributed by atoms with E-state index in [1.165, 1.54) is 19.3 Å². The first kappa shape index (κ1) is 16.0. The lowest BCUT2D eigenvalue weighted by Crippen LogP contribution is -2.44. The van der Waals surface area contributed by atoms with Crippen LogP contribution < -0.4 is 15.0 Å². The summed E-state index contributed by atoms with van der Waals surface area (Å²) >= 11 is 0. The zero-order valence-corrected chi connectivity index (χ0v) is 13.7. The molecule has 1 aliphatic heterocycles. The molecule has 0 bridgehead atoms. The molecule has 5 heteroatoms. The molecule has 2 rings (SSSR count). The SMILES string of the molecule is CCN(CC1CCCCN1)c1nc(C)cc(OC(C)C)n1. The predicted molar refractivity (Wildman–Crippen MR) is 86.1 cm³/mol.